The lowest BCUT2D eigenvalue weighted by Crippen LogP contribution is -2.16. The van der Waals surface area contributed by atoms with Gasteiger partial charge in [-0.2, -0.15) is 0 Å². The molecule has 1 aliphatic rings. The number of hydrogen-bond donors (Lipinski definition) is 1. The smallest absolute Gasteiger partial charge is 0.108 e. The Morgan fingerprint density at radius 1 is 1.62 bits per heavy atom. The lowest BCUT2D eigenvalue weighted by atomic mass is 10.0. The summed E-state index contributed by atoms with van der Waals surface area (Å²) in [6, 6.07) is 0. The fourth-order valence-corrected chi connectivity index (χ4v) is 1.75. The first-order valence-electron chi connectivity index (χ1n) is 4.92. The number of nitrogens with zero attached hydrogens (tertiary/aromatic N) is 2. The zero-order valence-electron chi connectivity index (χ0n) is 8.16. The topological polar surface area (TPSA) is 43.8 Å². The molecule has 1 fully saturated rings. The fraction of sp³-hybridized carbons (Fsp3) is 0.700. The van der Waals surface area contributed by atoms with E-state index in [1.807, 2.05) is 19.4 Å². The predicted octanol–water partition coefficient (Wildman–Crippen LogP) is 1.09. The summed E-state index contributed by atoms with van der Waals surface area (Å²) in [5.41, 5.74) is 6.20. The SMILES string of the molecule is Cn1ccnc1CCC1(CN)CC1. The van der Waals surface area contributed by atoms with Gasteiger partial charge in [0.1, 0.15) is 5.82 Å². The van der Waals surface area contributed by atoms with Gasteiger partial charge in [0.25, 0.3) is 0 Å². The number of imidazole rings is 1. The zero-order chi connectivity index (χ0) is 9.31. The molecule has 1 heterocycles. The standard InChI is InChI=1S/C10H17N3/c1-13-7-6-12-9(13)2-3-10(8-11)4-5-10/h6-7H,2-5,8,11H2,1H3. The molecule has 1 aromatic heterocycles. The summed E-state index contributed by atoms with van der Waals surface area (Å²) < 4.78 is 2.09. The maximum atomic E-state index is 5.72. The second kappa shape index (κ2) is 3.14. The third-order valence-electron chi connectivity index (χ3n) is 3.19. The summed E-state index contributed by atoms with van der Waals surface area (Å²) >= 11 is 0. The molecule has 0 spiro atoms. The van der Waals surface area contributed by atoms with Gasteiger partial charge < -0.3 is 10.3 Å². The van der Waals surface area contributed by atoms with E-state index in [2.05, 4.69) is 9.55 Å². The van der Waals surface area contributed by atoms with E-state index >= 15 is 0 Å². The molecule has 0 amide bonds. The molecule has 0 bridgehead atoms. The van der Waals surface area contributed by atoms with Gasteiger partial charge in [-0.15, -0.1) is 0 Å². The van der Waals surface area contributed by atoms with Crippen molar-refractivity contribution in [3.05, 3.63) is 18.2 Å². The van der Waals surface area contributed by atoms with Crippen molar-refractivity contribution in [2.75, 3.05) is 6.54 Å². The molecule has 0 saturated heterocycles. The first-order chi connectivity index (χ1) is 6.26. The van der Waals surface area contributed by atoms with Crippen LogP contribution >= 0.6 is 0 Å². The Balaban J connectivity index is 1.90. The van der Waals surface area contributed by atoms with Crippen LogP contribution in [-0.4, -0.2) is 16.1 Å². The summed E-state index contributed by atoms with van der Waals surface area (Å²) in [5.74, 6) is 1.18. The molecule has 1 aromatic rings. The van der Waals surface area contributed by atoms with E-state index in [0.29, 0.717) is 5.41 Å². The van der Waals surface area contributed by atoms with Crippen molar-refractivity contribution in [1.29, 1.82) is 0 Å². The number of aromatic nitrogens is 2. The Morgan fingerprint density at radius 3 is 2.85 bits per heavy atom. The third kappa shape index (κ3) is 1.75. The van der Waals surface area contributed by atoms with Gasteiger partial charge in [-0.05, 0) is 31.2 Å². The number of nitrogens with two attached hydrogens (primary N) is 1. The lowest BCUT2D eigenvalue weighted by molar-refractivity contribution is 0.469. The van der Waals surface area contributed by atoms with Crippen molar-refractivity contribution < 1.29 is 0 Å². The highest BCUT2D eigenvalue weighted by atomic mass is 15.0. The largest absolute Gasteiger partial charge is 0.338 e. The van der Waals surface area contributed by atoms with Crippen LogP contribution in [0.1, 0.15) is 25.1 Å². The summed E-state index contributed by atoms with van der Waals surface area (Å²) in [5, 5.41) is 0. The van der Waals surface area contributed by atoms with Crippen molar-refractivity contribution in [2.45, 2.75) is 25.7 Å². The van der Waals surface area contributed by atoms with Crippen molar-refractivity contribution in [1.82, 2.24) is 9.55 Å². The van der Waals surface area contributed by atoms with Gasteiger partial charge in [0.05, 0.1) is 0 Å². The van der Waals surface area contributed by atoms with Crippen LogP contribution in [0.15, 0.2) is 12.4 Å². The Kier molecular flexibility index (Phi) is 2.12. The molecular formula is C10H17N3. The van der Waals surface area contributed by atoms with Crippen molar-refractivity contribution in [3.8, 4) is 0 Å². The molecule has 72 valence electrons. The van der Waals surface area contributed by atoms with E-state index < -0.39 is 0 Å². The Morgan fingerprint density at radius 2 is 2.38 bits per heavy atom. The minimum Gasteiger partial charge on any atom is -0.338 e. The molecule has 0 aromatic carbocycles. The first kappa shape index (κ1) is 8.75. The first-order valence-corrected chi connectivity index (χ1v) is 4.92. The zero-order valence-corrected chi connectivity index (χ0v) is 8.16. The van der Waals surface area contributed by atoms with Gasteiger partial charge in [0, 0.05) is 25.9 Å². The van der Waals surface area contributed by atoms with E-state index in [-0.39, 0.29) is 0 Å². The lowest BCUT2D eigenvalue weighted by Gasteiger charge is -2.10. The van der Waals surface area contributed by atoms with Gasteiger partial charge >= 0.3 is 0 Å². The second-order valence-corrected chi connectivity index (χ2v) is 4.16. The van der Waals surface area contributed by atoms with E-state index in [9.17, 15) is 0 Å². The summed E-state index contributed by atoms with van der Waals surface area (Å²) in [7, 11) is 2.05. The van der Waals surface area contributed by atoms with Gasteiger partial charge in [0.15, 0.2) is 0 Å². The van der Waals surface area contributed by atoms with E-state index in [4.69, 9.17) is 5.73 Å². The maximum Gasteiger partial charge on any atom is 0.108 e. The summed E-state index contributed by atoms with van der Waals surface area (Å²) in [6.45, 7) is 0.845. The van der Waals surface area contributed by atoms with Crippen LogP contribution in [-0.2, 0) is 13.5 Å². The molecule has 2 rings (SSSR count). The third-order valence-corrected chi connectivity index (χ3v) is 3.19. The van der Waals surface area contributed by atoms with Crippen molar-refractivity contribution in [3.63, 3.8) is 0 Å². The van der Waals surface area contributed by atoms with Crippen LogP contribution in [0.25, 0.3) is 0 Å². The Labute approximate surface area is 79.0 Å². The van der Waals surface area contributed by atoms with E-state index in [0.717, 1.165) is 13.0 Å². The minimum atomic E-state index is 0.478. The summed E-state index contributed by atoms with van der Waals surface area (Å²) in [4.78, 5) is 4.30. The Bertz CT molecular complexity index is 286. The Hall–Kier alpha value is -0.830. The highest BCUT2D eigenvalue weighted by Crippen LogP contribution is 2.48. The number of hydrogen-bond acceptors (Lipinski definition) is 2. The highest BCUT2D eigenvalue weighted by molar-refractivity contribution is 4.99. The molecule has 3 heteroatoms. The molecule has 0 atom stereocenters. The number of aryl methyl sites for hydroxylation is 2. The highest BCUT2D eigenvalue weighted by Gasteiger charge is 2.40. The molecule has 2 N–H and O–H groups in total. The van der Waals surface area contributed by atoms with Crippen LogP contribution < -0.4 is 5.73 Å². The molecule has 3 nitrogen and oxygen atoms in total. The predicted molar refractivity (Wildman–Crippen MR) is 52.3 cm³/mol. The van der Waals surface area contributed by atoms with Crippen LogP contribution in [0.5, 0.6) is 0 Å². The summed E-state index contributed by atoms with van der Waals surface area (Å²) in [6.07, 6.45) is 8.76. The van der Waals surface area contributed by atoms with Gasteiger partial charge in [-0.1, -0.05) is 0 Å². The van der Waals surface area contributed by atoms with Crippen LogP contribution in [0.3, 0.4) is 0 Å². The maximum absolute atomic E-state index is 5.72. The van der Waals surface area contributed by atoms with Crippen molar-refractivity contribution >= 4 is 0 Å². The fourth-order valence-electron chi connectivity index (χ4n) is 1.75. The molecule has 0 radical (unpaired) electrons. The van der Waals surface area contributed by atoms with Gasteiger partial charge in [-0.3, -0.25) is 0 Å². The molecule has 1 aliphatic carbocycles. The molecule has 0 aliphatic heterocycles. The quantitative estimate of drug-likeness (QED) is 0.752. The van der Waals surface area contributed by atoms with Crippen LogP contribution in [0.2, 0.25) is 0 Å². The average Bonchev–Trinajstić information content (AvgIpc) is 2.82. The molecule has 13 heavy (non-hydrogen) atoms. The van der Waals surface area contributed by atoms with E-state index in [1.54, 1.807) is 0 Å². The molecular weight excluding hydrogens is 162 g/mol. The average molecular weight is 179 g/mol. The monoisotopic (exact) mass is 179 g/mol. The van der Waals surface area contributed by atoms with Gasteiger partial charge in [-0.25, -0.2) is 4.98 Å². The second-order valence-electron chi connectivity index (χ2n) is 4.16. The molecule has 1 saturated carbocycles. The van der Waals surface area contributed by atoms with Crippen LogP contribution in [0.4, 0.5) is 0 Å². The van der Waals surface area contributed by atoms with Crippen LogP contribution in [0, 0.1) is 5.41 Å². The van der Waals surface area contributed by atoms with Gasteiger partial charge in [0.2, 0.25) is 0 Å². The normalized spacial score (nSPS) is 18.9. The van der Waals surface area contributed by atoms with E-state index in [1.165, 1.54) is 25.1 Å². The number of rotatable bonds is 4. The molecule has 0 unspecified atom stereocenters. The van der Waals surface area contributed by atoms with Crippen molar-refractivity contribution in [2.24, 2.45) is 18.2 Å². The minimum absolute atomic E-state index is 0.478.